The van der Waals surface area contributed by atoms with Crippen LogP contribution in [0.15, 0.2) is 6.20 Å². The lowest BCUT2D eigenvalue weighted by Gasteiger charge is -2.06. The maximum atomic E-state index is 12.1. The molecule has 1 heterocycles. The van der Waals surface area contributed by atoms with Gasteiger partial charge in [-0.3, -0.25) is 9.48 Å². The first kappa shape index (κ1) is 12.5. The molecule has 5 nitrogen and oxygen atoms in total. The van der Waals surface area contributed by atoms with Gasteiger partial charge in [0.2, 0.25) is 0 Å². The lowest BCUT2D eigenvalue weighted by Crippen LogP contribution is -2.27. The first-order valence-corrected chi connectivity index (χ1v) is 5.21. The van der Waals surface area contributed by atoms with Crippen LogP contribution in [0.2, 0.25) is 0 Å². The summed E-state index contributed by atoms with van der Waals surface area (Å²) in [6.45, 7) is 4.15. The molecule has 0 saturated carbocycles. The fourth-order valence-corrected chi connectivity index (χ4v) is 1.20. The third kappa shape index (κ3) is 3.22. The van der Waals surface area contributed by atoms with Gasteiger partial charge in [-0.2, -0.15) is 5.10 Å². The molecule has 0 spiro atoms. The van der Waals surface area contributed by atoms with E-state index in [4.69, 9.17) is 5.73 Å². The zero-order chi connectivity index (χ0) is 12.1. The highest BCUT2D eigenvalue weighted by Gasteiger charge is 2.13. The minimum atomic E-state index is -0.534. The zero-order valence-corrected chi connectivity index (χ0v) is 9.53. The van der Waals surface area contributed by atoms with Crippen molar-refractivity contribution in [2.45, 2.75) is 20.4 Å². The Morgan fingerprint density at radius 1 is 1.69 bits per heavy atom. The zero-order valence-electron chi connectivity index (χ0n) is 9.53. The van der Waals surface area contributed by atoms with Crippen molar-refractivity contribution >= 4 is 11.7 Å². The molecule has 16 heavy (non-hydrogen) atoms. The Balaban J connectivity index is 2.67. The molecule has 1 aromatic heterocycles. The van der Waals surface area contributed by atoms with E-state index >= 15 is 0 Å². The lowest BCUT2D eigenvalue weighted by atomic mass is 10.2. The van der Waals surface area contributed by atoms with Crippen molar-refractivity contribution in [2.75, 3.05) is 19.0 Å². The minimum Gasteiger partial charge on any atom is -0.382 e. The van der Waals surface area contributed by atoms with Gasteiger partial charge in [0.05, 0.1) is 6.54 Å². The second kappa shape index (κ2) is 5.48. The molecule has 3 N–H and O–H groups in total. The van der Waals surface area contributed by atoms with E-state index in [9.17, 15) is 9.18 Å². The number of alkyl halides is 1. The van der Waals surface area contributed by atoms with Crippen LogP contribution in [0.5, 0.6) is 0 Å². The smallest absolute Gasteiger partial charge is 0.256 e. The predicted molar refractivity (Wildman–Crippen MR) is 59.8 cm³/mol. The number of anilines is 1. The van der Waals surface area contributed by atoms with Gasteiger partial charge in [-0.05, 0) is 5.92 Å². The first-order valence-electron chi connectivity index (χ1n) is 5.21. The summed E-state index contributed by atoms with van der Waals surface area (Å²) in [4.78, 5) is 11.6. The van der Waals surface area contributed by atoms with Crippen LogP contribution < -0.4 is 11.1 Å². The van der Waals surface area contributed by atoms with Crippen molar-refractivity contribution in [3.8, 4) is 0 Å². The number of nitrogens with zero attached hydrogens (tertiary/aromatic N) is 2. The number of nitrogen functional groups attached to an aromatic ring is 1. The summed E-state index contributed by atoms with van der Waals surface area (Å²) in [6, 6.07) is 0. The van der Waals surface area contributed by atoms with Gasteiger partial charge in [-0.25, -0.2) is 4.39 Å². The molecule has 0 saturated heterocycles. The van der Waals surface area contributed by atoms with Crippen molar-refractivity contribution in [3.05, 3.63) is 11.8 Å². The average Bonchev–Trinajstić information content (AvgIpc) is 2.56. The normalized spacial score (nSPS) is 10.8. The Kier molecular flexibility index (Phi) is 4.28. The largest absolute Gasteiger partial charge is 0.382 e. The molecule has 0 aromatic carbocycles. The molecule has 1 amide bonds. The summed E-state index contributed by atoms with van der Waals surface area (Å²) in [5.41, 5.74) is 5.86. The van der Waals surface area contributed by atoms with Crippen LogP contribution >= 0.6 is 0 Å². The Labute approximate surface area is 93.8 Å². The number of carbonyl (C=O) groups is 1. The molecule has 0 fully saturated rings. The molecule has 1 aromatic rings. The topological polar surface area (TPSA) is 72.9 Å². The van der Waals surface area contributed by atoms with Gasteiger partial charge in [-0.15, -0.1) is 0 Å². The van der Waals surface area contributed by atoms with Gasteiger partial charge < -0.3 is 11.1 Å². The highest BCUT2D eigenvalue weighted by Crippen LogP contribution is 2.08. The lowest BCUT2D eigenvalue weighted by molar-refractivity contribution is 0.0949. The Hall–Kier alpha value is -1.59. The summed E-state index contributed by atoms with van der Waals surface area (Å²) < 4.78 is 13.4. The molecule has 6 heteroatoms. The molecule has 0 unspecified atom stereocenters. The summed E-state index contributed by atoms with van der Waals surface area (Å²) >= 11 is 0. The molecular weight excluding hydrogens is 211 g/mol. The van der Waals surface area contributed by atoms with Gasteiger partial charge in [0.25, 0.3) is 5.91 Å². The predicted octanol–water partition coefficient (Wildman–Crippen LogP) is 0.821. The number of hydrogen-bond donors (Lipinski definition) is 2. The summed E-state index contributed by atoms with van der Waals surface area (Å²) in [6.07, 6.45) is 1.46. The molecule has 0 aliphatic rings. The number of nitrogens with two attached hydrogens (primary N) is 1. The fraction of sp³-hybridized carbons (Fsp3) is 0.600. The first-order chi connectivity index (χ1) is 7.54. The monoisotopic (exact) mass is 228 g/mol. The Morgan fingerprint density at radius 3 is 2.94 bits per heavy atom. The van der Waals surface area contributed by atoms with Crippen molar-refractivity contribution in [1.29, 1.82) is 0 Å². The Bertz CT molecular complexity index is 362. The number of hydrogen-bond acceptors (Lipinski definition) is 3. The van der Waals surface area contributed by atoms with Crippen molar-refractivity contribution in [2.24, 2.45) is 5.92 Å². The second-order valence-electron chi connectivity index (χ2n) is 3.98. The van der Waals surface area contributed by atoms with Crippen LogP contribution in [-0.2, 0) is 6.54 Å². The highest BCUT2D eigenvalue weighted by atomic mass is 19.1. The maximum absolute atomic E-state index is 12.1. The molecular formula is C10H17FN4O. The molecule has 0 aliphatic carbocycles. The van der Waals surface area contributed by atoms with E-state index in [1.54, 1.807) is 0 Å². The molecule has 0 radical (unpaired) electrons. The van der Waals surface area contributed by atoms with Crippen LogP contribution in [-0.4, -0.2) is 28.9 Å². The average molecular weight is 228 g/mol. The number of aromatic nitrogens is 2. The van der Waals surface area contributed by atoms with E-state index in [1.165, 1.54) is 10.9 Å². The third-order valence-corrected chi connectivity index (χ3v) is 2.02. The summed E-state index contributed by atoms with van der Waals surface area (Å²) in [5.74, 6) is 0.233. The molecule has 0 bridgehead atoms. The van der Waals surface area contributed by atoms with Gasteiger partial charge in [-0.1, -0.05) is 13.8 Å². The summed E-state index contributed by atoms with van der Waals surface area (Å²) in [5, 5.41) is 6.57. The fourth-order valence-electron chi connectivity index (χ4n) is 1.20. The number of amides is 1. The van der Waals surface area contributed by atoms with Crippen LogP contribution in [0.1, 0.15) is 24.2 Å². The molecule has 0 atom stereocenters. The van der Waals surface area contributed by atoms with Gasteiger partial charge in [0.1, 0.15) is 12.2 Å². The maximum Gasteiger partial charge on any atom is 0.256 e. The van der Waals surface area contributed by atoms with E-state index in [1.807, 2.05) is 13.8 Å². The van der Waals surface area contributed by atoms with Crippen LogP contribution in [0.3, 0.4) is 0 Å². The SMILES string of the molecule is CC(C)CNC(=O)c1cn(CCF)nc1N. The quantitative estimate of drug-likeness (QED) is 0.783. The van der Waals surface area contributed by atoms with E-state index in [2.05, 4.69) is 10.4 Å². The van der Waals surface area contributed by atoms with Gasteiger partial charge in [0, 0.05) is 12.7 Å². The van der Waals surface area contributed by atoms with E-state index in [0.717, 1.165) is 0 Å². The van der Waals surface area contributed by atoms with Crippen LogP contribution in [0, 0.1) is 5.92 Å². The number of rotatable bonds is 5. The van der Waals surface area contributed by atoms with Crippen LogP contribution in [0.4, 0.5) is 10.2 Å². The second-order valence-corrected chi connectivity index (χ2v) is 3.98. The molecule has 90 valence electrons. The molecule has 1 rings (SSSR count). The van der Waals surface area contributed by atoms with Gasteiger partial charge >= 0.3 is 0 Å². The van der Waals surface area contributed by atoms with Crippen molar-refractivity contribution in [3.63, 3.8) is 0 Å². The van der Waals surface area contributed by atoms with Crippen molar-refractivity contribution < 1.29 is 9.18 Å². The number of nitrogens with one attached hydrogen (secondary N) is 1. The summed E-state index contributed by atoms with van der Waals surface area (Å²) in [7, 11) is 0. The molecule has 0 aliphatic heterocycles. The van der Waals surface area contributed by atoms with E-state index < -0.39 is 6.67 Å². The highest BCUT2D eigenvalue weighted by molar-refractivity contribution is 5.98. The third-order valence-electron chi connectivity index (χ3n) is 2.02. The standard InChI is InChI=1S/C10H17FN4O/c1-7(2)5-13-10(16)8-6-15(4-3-11)14-9(8)12/h6-7H,3-5H2,1-2H3,(H2,12,14)(H,13,16). The van der Waals surface area contributed by atoms with Gasteiger partial charge in [0.15, 0.2) is 5.82 Å². The van der Waals surface area contributed by atoms with Crippen molar-refractivity contribution in [1.82, 2.24) is 15.1 Å². The number of halogens is 1. The number of aryl methyl sites for hydroxylation is 1. The van der Waals surface area contributed by atoms with E-state index in [0.29, 0.717) is 18.0 Å². The minimum absolute atomic E-state index is 0.113. The van der Waals surface area contributed by atoms with Crippen LogP contribution in [0.25, 0.3) is 0 Å². The van der Waals surface area contributed by atoms with E-state index in [-0.39, 0.29) is 18.3 Å². The number of carbonyl (C=O) groups excluding carboxylic acids is 1. The Morgan fingerprint density at radius 2 is 2.38 bits per heavy atom.